The Morgan fingerprint density at radius 3 is 2.30 bits per heavy atom. The van der Waals surface area contributed by atoms with E-state index in [9.17, 15) is 0 Å². The number of hydrogen-bond acceptors (Lipinski definition) is 0. The van der Waals surface area contributed by atoms with E-state index in [1.807, 2.05) is 0 Å². The van der Waals surface area contributed by atoms with Gasteiger partial charge in [-0.25, -0.2) is 0 Å². The molecule has 3 rings (SSSR count). The minimum absolute atomic E-state index is 0.0316. The summed E-state index contributed by atoms with van der Waals surface area (Å²) in [7, 11) is 0. The average molecular weight is 375 g/mol. The molecule has 1 fully saturated rings. The molecule has 1 aromatic carbocycles. The van der Waals surface area contributed by atoms with Crippen molar-refractivity contribution >= 4 is 19.4 Å². The Hall–Kier alpha value is -0.781. The van der Waals surface area contributed by atoms with Crippen molar-refractivity contribution in [3.63, 3.8) is 0 Å². The van der Waals surface area contributed by atoms with Crippen LogP contribution in [-0.2, 0) is 0 Å². The molecule has 0 unspecified atom stereocenters. The summed E-state index contributed by atoms with van der Waals surface area (Å²) >= 11 is -0.0316. The fourth-order valence-electron chi connectivity index (χ4n) is 4.15. The van der Waals surface area contributed by atoms with Crippen molar-refractivity contribution in [1.82, 2.24) is 0 Å². The molecule has 0 radical (unpaired) electrons. The van der Waals surface area contributed by atoms with Crippen LogP contribution in [0.2, 0.25) is 0 Å². The molecule has 1 heterocycles. The maximum atomic E-state index is 2.42. The summed E-state index contributed by atoms with van der Waals surface area (Å²) in [4.78, 5) is 0. The average Bonchev–Trinajstić information content (AvgIpc) is 3.05. The summed E-state index contributed by atoms with van der Waals surface area (Å²) in [6, 6.07) is 9.63. The third kappa shape index (κ3) is 4.40. The summed E-state index contributed by atoms with van der Waals surface area (Å²) < 4.78 is 3.35. The van der Waals surface area contributed by atoms with Crippen LogP contribution in [0.3, 0.4) is 0 Å². The van der Waals surface area contributed by atoms with E-state index in [0.717, 1.165) is 11.8 Å². The van der Waals surface area contributed by atoms with Gasteiger partial charge < -0.3 is 0 Å². The quantitative estimate of drug-likeness (QED) is 0.538. The molecule has 23 heavy (non-hydrogen) atoms. The SMILES string of the molecule is CCCC1=CC=C(c2ccc(C3CCC(CCC)CC3)cc2)[SeH2]1. The van der Waals surface area contributed by atoms with Gasteiger partial charge in [0.1, 0.15) is 0 Å². The molecule has 0 amide bonds. The summed E-state index contributed by atoms with van der Waals surface area (Å²) in [6.45, 7) is 4.61. The zero-order valence-electron chi connectivity index (χ0n) is 14.8. The minimum atomic E-state index is -0.0316. The molecule has 0 N–H and O–H groups in total. The van der Waals surface area contributed by atoms with Gasteiger partial charge in [-0.15, -0.1) is 0 Å². The first-order valence-corrected chi connectivity index (χ1v) is 11.7. The predicted octanol–water partition coefficient (Wildman–Crippen LogP) is 5.97. The molecule has 0 atom stereocenters. The van der Waals surface area contributed by atoms with Crippen LogP contribution in [0.4, 0.5) is 0 Å². The Kier molecular flexibility index (Phi) is 6.20. The van der Waals surface area contributed by atoms with E-state index in [-0.39, 0.29) is 15.0 Å². The molecule has 1 aliphatic heterocycles. The van der Waals surface area contributed by atoms with Crippen molar-refractivity contribution in [2.45, 2.75) is 71.1 Å². The van der Waals surface area contributed by atoms with E-state index in [0.29, 0.717) is 0 Å². The predicted molar refractivity (Wildman–Crippen MR) is 106 cm³/mol. The van der Waals surface area contributed by atoms with Gasteiger partial charge >= 0.3 is 148 Å². The van der Waals surface area contributed by atoms with Crippen LogP contribution < -0.4 is 0 Å². The van der Waals surface area contributed by atoms with Gasteiger partial charge in [-0.1, -0.05) is 0 Å². The first-order valence-electron chi connectivity index (χ1n) is 9.58. The zero-order chi connectivity index (χ0) is 16.1. The van der Waals surface area contributed by atoms with Crippen LogP contribution in [0.1, 0.15) is 82.3 Å². The molecule has 1 heteroatoms. The number of allylic oxidation sites excluding steroid dienone is 3. The molecular weight excluding hydrogens is 343 g/mol. The van der Waals surface area contributed by atoms with Crippen molar-refractivity contribution in [1.29, 1.82) is 0 Å². The number of rotatable bonds is 6. The van der Waals surface area contributed by atoms with Gasteiger partial charge in [0, 0.05) is 0 Å². The van der Waals surface area contributed by atoms with Crippen molar-refractivity contribution in [2.24, 2.45) is 5.92 Å². The van der Waals surface area contributed by atoms with Crippen LogP contribution in [0.15, 0.2) is 40.9 Å². The molecule has 0 bridgehead atoms. The van der Waals surface area contributed by atoms with Crippen molar-refractivity contribution in [3.05, 3.63) is 52.0 Å². The Bertz CT molecular complexity index is 556. The van der Waals surface area contributed by atoms with Gasteiger partial charge in [-0.2, -0.15) is 0 Å². The van der Waals surface area contributed by atoms with Crippen LogP contribution in [0.25, 0.3) is 4.47 Å². The third-order valence-corrected chi connectivity index (χ3v) is 8.57. The molecule has 1 saturated carbocycles. The molecule has 126 valence electrons. The Balaban J connectivity index is 1.56. The summed E-state index contributed by atoms with van der Waals surface area (Å²) in [6.07, 6.45) is 15.9. The first-order chi connectivity index (χ1) is 11.3. The third-order valence-electron chi connectivity index (χ3n) is 5.50. The zero-order valence-corrected chi connectivity index (χ0v) is 16.9. The topological polar surface area (TPSA) is 0 Å². The van der Waals surface area contributed by atoms with Crippen molar-refractivity contribution in [2.75, 3.05) is 0 Å². The Morgan fingerprint density at radius 1 is 0.913 bits per heavy atom. The van der Waals surface area contributed by atoms with Crippen LogP contribution in [0, 0.1) is 5.92 Å². The van der Waals surface area contributed by atoms with E-state index < -0.39 is 0 Å². The van der Waals surface area contributed by atoms with Gasteiger partial charge in [0.25, 0.3) is 0 Å². The van der Waals surface area contributed by atoms with Gasteiger partial charge in [0.15, 0.2) is 0 Å². The standard InChI is InChI=1S/C22H32Se/c1-3-5-17-7-9-18(10-8-17)19-11-13-20(14-12-19)22-16-15-21(23-22)6-4-2/h11-18H,3-10,23H2,1-2H3. The first kappa shape index (κ1) is 17.1. The second-order valence-corrected chi connectivity index (χ2v) is 10.3. The maximum absolute atomic E-state index is 2.42. The molecule has 0 saturated heterocycles. The van der Waals surface area contributed by atoms with E-state index in [1.165, 1.54) is 56.9 Å². The Morgan fingerprint density at radius 2 is 1.65 bits per heavy atom. The molecular formula is C22H32Se. The molecule has 0 aromatic heterocycles. The van der Waals surface area contributed by atoms with Crippen LogP contribution in [0.5, 0.6) is 0 Å². The molecule has 0 spiro atoms. The summed E-state index contributed by atoms with van der Waals surface area (Å²) in [5, 5.41) is 0. The molecule has 2 aliphatic rings. The second-order valence-electron chi connectivity index (χ2n) is 7.28. The fourth-order valence-corrected chi connectivity index (χ4v) is 7.02. The summed E-state index contributed by atoms with van der Waals surface area (Å²) in [5.74, 6) is 1.83. The van der Waals surface area contributed by atoms with Crippen LogP contribution >= 0.6 is 0 Å². The van der Waals surface area contributed by atoms with Crippen molar-refractivity contribution in [3.8, 4) is 0 Å². The number of hydrogen-bond donors (Lipinski definition) is 0. The van der Waals surface area contributed by atoms with Gasteiger partial charge in [-0.3, -0.25) is 0 Å². The van der Waals surface area contributed by atoms with E-state index in [1.54, 1.807) is 14.5 Å². The molecule has 1 aromatic rings. The second kappa shape index (κ2) is 8.36. The molecule has 0 nitrogen and oxygen atoms in total. The van der Waals surface area contributed by atoms with Gasteiger partial charge in [-0.05, 0) is 0 Å². The van der Waals surface area contributed by atoms with Gasteiger partial charge in [0.2, 0.25) is 0 Å². The van der Waals surface area contributed by atoms with E-state index in [2.05, 4.69) is 50.3 Å². The van der Waals surface area contributed by atoms with Crippen molar-refractivity contribution < 1.29 is 0 Å². The summed E-state index contributed by atoms with van der Waals surface area (Å²) in [5.41, 5.74) is 3.07. The monoisotopic (exact) mass is 376 g/mol. The Labute approximate surface area is 148 Å². The molecule has 1 aliphatic carbocycles. The van der Waals surface area contributed by atoms with E-state index >= 15 is 0 Å². The van der Waals surface area contributed by atoms with E-state index in [4.69, 9.17) is 0 Å². The fraction of sp³-hybridized carbons (Fsp3) is 0.545. The van der Waals surface area contributed by atoms with Crippen LogP contribution in [-0.4, -0.2) is 15.0 Å². The normalized spacial score (nSPS) is 26.2. The number of benzene rings is 1. The van der Waals surface area contributed by atoms with Gasteiger partial charge in [0.05, 0.1) is 0 Å².